The number of rotatable bonds is 3. The second-order valence-electron chi connectivity index (χ2n) is 5.92. The van der Waals surface area contributed by atoms with Gasteiger partial charge in [0.25, 0.3) is 0 Å². The van der Waals surface area contributed by atoms with Gasteiger partial charge in [-0.15, -0.1) is 0 Å². The molecular weight excluding hydrogens is 262 g/mol. The molecule has 0 radical (unpaired) electrons. The monoisotopic (exact) mass is 279 g/mol. The Kier molecular flexibility index (Phi) is 2.82. The summed E-state index contributed by atoms with van der Waals surface area (Å²) in [5, 5.41) is 11.6. The molecule has 1 N–H and O–H groups in total. The van der Waals surface area contributed by atoms with Gasteiger partial charge < -0.3 is 9.52 Å². The summed E-state index contributed by atoms with van der Waals surface area (Å²) in [7, 11) is 0. The fourth-order valence-corrected chi connectivity index (χ4v) is 2.85. The Hall–Kier alpha value is -2.13. The molecule has 1 fully saturated rings. The second kappa shape index (κ2) is 4.71. The average molecular weight is 279 g/mol. The molecule has 3 nitrogen and oxygen atoms in total. The third kappa shape index (κ3) is 2.24. The maximum Gasteiger partial charge on any atom is 0.137 e. The number of aliphatic hydroxyl groups is 1. The van der Waals surface area contributed by atoms with Crippen molar-refractivity contribution >= 4 is 10.9 Å². The highest BCUT2D eigenvalue weighted by Crippen LogP contribution is 2.47. The van der Waals surface area contributed by atoms with Gasteiger partial charge in [0.15, 0.2) is 0 Å². The van der Waals surface area contributed by atoms with Crippen molar-refractivity contribution in [2.75, 3.05) is 0 Å². The third-order valence-corrected chi connectivity index (χ3v) is 4.34. The summed E-state index contributed by atoms with van der Waals surface area (Å²) in [6.07, 6.45) is 2.21. The minimum Gasteiger partial charge on any atom is -0.463 e. The molecule has 4 rings (SSSR count). The molecule has 1 aliphatic carbocycles. The molecule has 0 saturated heterocycles. The highest BCUT2D eigenvalue weighted by atomic mass is 16.4. The van der Waals surface area contributed by atoms with Gasteiger partial charge in [-0.05, 0) is 42.2 Å². The van der Waals surface area contributed by atoms with Gasteiger partial charge in [0.1, 0.15) is 17.6 Å². The molecule has 2 heterocycles. The molecule has 3 unspecified atom stereocenters. The molecule has 3 atom stereocenters. The van der Waals surface area contributed by atoms with E-state index in [1.165, 1.54) is 6.42 Å². The summed E-state index contributed by atoms with van der Waals surface area (Å²) in [4.78, 5) is 4.33. The van der Waals surface area contributed by atoms with E-state index in [0.29, 0.717) is 17.6 Å². The van der Waals surface area contributed by atoms with Crippen LogP contribution in [-0.2, 0) is 0 Å². The minimum absolute atomic E-state index is 0.532. The van der Waals surface area contributed by atoms with Crippen molar-refractivity contribution in [1.29, 1.82) is 0 Å². The molecular formula is C18H17NO2. The summed E-state index contributed by atoms with van der Waals surface area (Å²) >= 11 is 0. The zero-order valence-corrected chi connectivity index (χ0v) is 11.9. The van der Waals surface area contributed by atoms with Gasteiger partial charge >= 0.3 is 0 Å². The van der Waals surface area contributed by atoms with Crippen LogP contribution in [0.15, 0.2) is 53.1 Å². The van der Waals surface area contributed by atoms with E-state index in [1.807, 2.05) is 42.5 Å². The number of hydrogen-bond donors (Lipinski definition) is 1. The predicted molar refractivity (Wildman–Crippen MR) is 81.0 cm³/mol. The predicted octanol–water partition coefficient (Wildman–Crippen LogP) is 4.03. The van der Waals surface area contributed by atoms with Crippen LogP contribution in [-0.4, -0.2) is 10.1 Å². The number of aromatic nitrogens is 1. The molecule has 1 aromatic carbocycles. The summed E-state index contributed by atoms with van der Waals surface area (Å²) in [6, 6.07) is 13.6. The van der Waals surface area contributed by atoms with Crippen LogP contribution < -0.4 is 0 Å². The molecule has 1 saturated carbocycles. The average Bonchev–Trinajstić information content (AvgIpc) is 3.05. The van der Waals surface area contributed by atoms with Gasteiger partial charge in [-0.25, -0.2) is 0 Å². The Morgan fingerprint density at radius 2 is 2.10 bits per heavy atom. The topological polar surface area (TPSA) is 46.3 Å². The summed E-state index contributed by atoms with van der Waals surface area (Å²) in [6.45, 7) is 2.22. The summed E-state index contributed by atoms with van der Waals surface area (Å²) in [5.41, 5.74) is 1.70. The van der Waals surface area contributed by atoms with Crippen molar-refractivity contribution in [3.05, 3.63) is 65.7 Å². The van der Waals surface area contributed by atoms with Crippen molar-refractivity contribution in [3.63, 3.8) is 0 Å². The zero-order valence-electron chi connectivity index (χ0n) is 11.9. The Morgan fingerprint density at radius 1 is 1.24 bits per heavy atom. The fraction of sp³-hybridized carbons (Fsp3) is 0.278. The molecule has 106 valence electrons. The number of nitrogens with zero attached hydrogens (tertiary/aromatic N) is 1. The van der Waals surface area contributed by atoms with Gasteiger partial charge in [-0.2, -0.15) is 0 Å². The smallest absolute Gasteiger partial charge is 0.137 e. The zero-order chi connectivity index (χ0) is 14.4. The van der Waals surface area contributed by atoms with Crippen molar-refractivity contribution in [1.82, 2.24) is 4.98 Å². The van der Waals surface area contributed by atoms with Crippen molar-refractivity contribution < 1.29 is 9.52 Å². The standard InChI is InChI=1S/C18H17NO2/c1-11-9-14(11)16-6-7-17(21-16)18(20)13-5-4-12-3-2-8-19-15(12)10-13/h2-8,10-11,14,18,20H,9H2,1H3. The first-order chi connectivity index (χ1) is 10.2. The van der Waals surface area contributed by atoms with Crippen LogP contribution in [0.25, 0.3) is 10.9 Å². The van der Waals surface area contributed by atoms with Crippen LogP contribution in [0.1, 0.15) is 42.5 Å². The molecule has 0 amide bonds. The molecule has 3 aromatic rings. The molecule has 0 aliphatic heterocycles. The second-order valence-corrected chi connectivity index (χ2v) is 5.92. The Balaban J connectivity index is 1.65. The van der Waals surface area contributed by atoms with Crippen LogP contribution in [0.5, 0.6) is 0 Å². The van der Waals surface area contributed by atoms with Crippen molar-refractivity contribution in [2.45, 2.75) is 25.4 Å². The van der Waals surface area contributed by atoms with Crippen molar-refractivity contribution in [2.24, 2.45) is 5.92 Å². The third-order valence-electron chi connectivity index (χ3n) is 4.34. The van der Waals surface area contributed by atoms with Gasteiger partial charge in [0, 0.05) is 17.5 Å². The number of furan rings is 1. The lowest BCUT2D eigenvalue weighted by molar-refractivity contribution is 0.187. The number of hydrogen-bond acceptors (Lipinski definition) is 3. The highest BCUT2D eigenvalue weighted by molar-refractivity contribution is 5.79. The van der Waals surface area contributed by atoms with Crippen LogP contribution in [0.4, 0.5) is 0 Å². The number of benzene rings is 1. The van der Waals surface area contributed by atoms with Crippen LogP contribution >= 0.6 is 0 Å². The van der Waals surface area contributed by atoms with E-state index in [4.69, 9.17) is 4.42 Å². The van der Waals surface area contributed by atoms with Gasteiger partial charge in [0.05, 0.1) is 5.52 Å². The quantitative estimate of drug-likeness (QED) is 0.787. The number of pyridine rings is 1. The number of aliphatic hydroxyl groups excluding tert-OH is 1. The first-order valence-corrected chi connectivity index (χ1v) is 7.35. The maximum absolute atomic E-state index is 10.5. The molecule has 21 heavy (non-hydrogen) atoms. The van der Waals surface area contributed by atoms with Gasteiger partial charge in [-0.1, -0.05) is 25.1 Å². The molecule has 0 bridgehead atoms. The van der Waals surface area contributed by atoms with E-state index in [2.05, 4.69) is 11.9 Å². The Morgan fingerprint density at radius 3 is 2.90 bits per heavy atom. The molecule has 1 aliphatic rings. The van der Waals surface area contributed by atoms with E-state index in [-0.39, 0.29) is 0 Å². The number of fused-ring (bicyclic) bond motifs is 1. The summed E-state index contributed by atoms with van der Waals surface area (Å²) in [5.74, 6) is 2.84. The summed E-state index contributed by atoms with van der Waals surface area (Å²) < 4.78 is 5.84. The van der Waals surface area contributed by atoms with Crippen molar-refractivity contribution in [3.8, 4) is 0 Å². The first kappa shape index (κ1) is 12.6. The highest BCUT2D eigenvalue weighted by Gasteiger charge is 2.37. The van der Waals surface area contributed by atoms with E-state index in [9.17, 15) is 5.11 Å². The minimum atomic E-state index is -0.737. The maximum atomic E-state index is 10.5. The first-order valence-electron chi connectivity index (χ1n) is 7.35. The van der Waals surface area contributed by atoms with E-state index < -0.39 is 6.10 Å². The van der Waals surface area contributed by atoms with Crippen LogP contribution in [0, 0.1) is 5.92 Å². The lowest BCUT2D eigenvalue weighted by atomic mass is 10.1. The lowest BCUT2D eigenvalue weighted by Gasteiger charge is -2.09. The van der Waals surface area contributed by atoms with Gasteiger partial charge in [-0.3, -0.25) is 4.98 Å². The SMILES string of the molecule is CC1CC1c1ccc(C(O)c2ccc3cccnc3c2)o1. The van der Waals surface area contributed by atoms with E-state index in [1.54, 1.807) is 6.20 Å². The van der Waals surface area contributed by atoms with Crippen LogP contribution in [0.2, 0.25) is 0 Å². The fourth-order valence-electron chi connectivity index (χ4n) is 2.85. The van der Waals surface area contributed by atoms with E-state index in [0.717, 1.165) is 22.2 Å². The molecule has 2 aromatic heterocycles. The van der Waals surface area contributed by atoms with Crippen LogP contribution in [0.3, 0.4) is 0 Å². The van der Waals surface area contributed by atoms with E-state index >= 15 is 0 Å². The largest absolute Gasteiger partial charge is 0.463 e. The molecule has 0 spiro atoms. The lowest BCUT2D eigenvalue weighted by Crippen LogP contribution is -1.98. The van der Waals surface area contributed by atoms with Gasteiger partial charge in [0.2, 0.25) is 0 Å². The Bertz CT molecular complexity index is 793. The normalized spacial score (nSPS) is 22.4. The Labute approximate surface area is 123 Å². The molecule has 3 heteroatoms.